The zero-order chi connectivity index (χ0) is 18.6. The molecule has 0 atom stereocenters. The lowest BCUT2D eigenvalue weighted by molar-refractivity contribution is 0.239. The van der Waals surface area contributed by atoms with Gasteiger partial charge in [0.25, 0.3) is 0 Å². The number of hydrogen-bond acceptors (Lipinski definition) is 3. The van der Waals surface area contributed by atoms with Gasteiger partial charge in [-0.3, -0.25) is 0 Å². The quantitative estimate of drug-likeness (QED) is 0.336. The van der Waals surface area contributed by atoms with Crippen LogP contribution < -0.4 is 10.6 Å². The van der Waals surface area contributed by atoms with Gasteiger partial charge in [-0.05, 0) is 38.4 Å². The summed E-state index contributed by atoms with van der Waals surface area (Å²) >= 11 is 2.03. The maximum atomic E-state index is 11.5. The first-order chi connectivity index (χ1) is 12.2. The topological polar surface area (TPSA) is 44.4 Å². The first-order valence-electron chi connectivity index (χ1n) is 10.4. The molecule has 0 saturated carbocycles. The standard InChI is InChI=1S/C20H43N3OS/c1-4-5-6-7-8-9-10-11-12-13-18-25-19-14-15-21-20(24)22-16-17-23(2)3/h4-19H2,1-3H3,(H2,21,22,24). The average molecular weight is 374 g/mol. The monoisotopic (exact) mass is 373 g/mol. The Balaban J connectivity index is 3.10. The third-order valence-electron chi connectivity index (χ3n) is 4.24. The van der Waals surface area contributed by atoms with Crippen molar-refractivity contribution in [3.63, 3.8) is 0 Å². The Morgan fingerprint density at radius 3 is 1.88 bits per heavy atom. The number of amides is 2. The maximum absolute atomic E-state index is 11.5. The molecule has 0 aromatic carbocycles. The lowest BCUT2D eigenvalue weighted by Gasteiger charge is -2.11. The van der Waals surface area contributed by atoms with E-state index in [-0.39, 0.29) is 6.03 Å². The Hall–Kier alpha value is -0.420. The largest absolute Gasteiger partial charge is 0.338 e. The number of carbonyl (C=O) groups excluding carboxylic acids is 1. The fourth-order valence-corrected chi connectivity index (χ4v) is 3.59. The fraction of sp³-hybridized carbons (Fsp3) is 0.950. The second-order valence-corrected chi connectivity index (χ2v) is 8.36. The van der Waals surface area contributed by atoms with E-state index in [1.807, 2.05) is 25.9 Å². The van der Waals surface area contributed by atoms with Crippen molar-refractivity contribution < 1.29 is 4.79 Å². The third kappa shape index (κ3) is 21.5. The second kappa shape index (κ2) is 19.9. The van der Waals surface area contributed by atoms with E-state index in [2.05, 4.69) is 22.5 Å². The minimum absolute atomic E-state index is 0.0402. The van der Waals surface area contributed by atoms with Gasteiger partial charge < -0.3 is 15.5 Å². The van der Waals surface area contributed by atoms with Crippen molar-refractivity contribution in [2.24, 2.45) is 0 Å². The summed E-state index contributed by atoms with van der Waals surface area (Å²) in [4.78, 5) is 13.6. The molecule has 0 rings (SSSR count). The first-order valence-corrected chi connectivity index (χ1v) is 11.6. The predicted octanol–water partition coefficient (Wildman–Crippen LogP) is 4.89. The highest BCUT2D eigenvalue weighted by Crippen LogP contribution is 2.12. The summed E-state index contributed by atoms with van der Waals surface area (Å²) in [7, 11) is 4.01. The maximum Gasteiger partial charge on any atom is 0.314 e. The molecule has 0 aromatic rings. The van der Waals surface area contributed by atoms with E-state index in [9.17, 15) is 4.79 Å². The SMILES string of the molecule is CCCCCCCCCCCCSCCCNC(=O)NCCN(C)C. The summed E-state index contributed by atoms with van der Waals surface area (Å²) < 4.78 is 0. The Morgan fingerprint density at radius 1 is 0.760 bits per heavy atom. The van der Waals surface area contributed by atoms with E-state index in [0.29, 0.717) is 6.54 Å². The molecule has 4 nitrogen and oxygen atoms in total. The Bertz CT molecular complexity index is 288. The van der Waals surface area contributed by atoms with Crippen molar-refractivity contribution in [2.75, 3.05) is 45.2 Å². The molecule has 0 unspecified atom stereocenters. The lowest BCUT2D eigenvalue weighted by Crippen LogP contribution is -2.39. The van der Waals surface area contributed by atoms with Crippen LogP contribution in [-0.4, -0.2) is 56.2 Å². The van der Waals surface area contributed by atoms with E-state index >= 15 is 0 Å². The molecular formula is C20H43N3OS. The van der Waals surface area contributed by atoms with E-state index in [1.54, 1.807) is 0 Å². The molecule has 0 bridgehead atoms. The van der Waals surface area contributed by atoms with Crippen molar-refractivity contribution in [3.8, 4) is 0 Å². The summed E-state index contributed by atoms with van der Waals surface area (Å²) in [6.45, 7) is 4.63. The van der Waals surface area contributed by atoms with Gasteiger partial charge in [0.1, 0.15) is 0 Å². The second-order valence-electron chi connectivity index (χ2n) is 7.13. The molecule has 0 aliphatic heterocycles. The van der Waals surface area contributed by atoms with Crippen LogP contribution in [0.4, 0.5) is 4.79 Å². The summed E-state index contributed by atoms with van der Waals surface area (Å²) in [6, 6.07) is -0.0402. The molecule has 0 aliphatic carbocycles. The van der Waals surface area contributed by atoms with Crippen molar-refractivity contribution in [1.82, 2.24) is 15.5 Å². The summed E-state index contributed by atoms with van der Waals surface area (Å²) in [5, 5.41) is 5.78. The van der Waals surface area contributed by atoms with Gasteiger partial charge in [-0.15, -0.1) is 0 Å². The van der Waals surface area contributed by atoms with Gasteiger partial charge in [0.2, 0.25) is 0 Å². The van der Waals surface area contributed by atoms with E-state index < -0.39 is 0 Å². The van der Waals surface area contributed by atoms with Crippen LogP contribution in [-0.2, 0) is 0 Å². The number of likely N-dealkylation sites (N-methyl/N-ethyl adjacent to an activating group) is 1. The van der Waals surface area contributed by atoms with Gasteiger partial charge in [0, 0.05) is 19.6 Å². The normalized spacial score (nSPS) is 11.0. The summed E-state index contributed by atoms with van der Waals surface area (Å²) in [5.74, 6) is 2.42. The molecular weight excluding hydrogens is 330 g/mol. The van der Waals surface area contributed by atoms with E-state index in [1.165, 1.54) is 70.0 Å². The number of carbonyl (C=O) groups is 1. The van der Waals surface area contributed by atoms with Gasteiger partial charge in [0.05, 0.1) is 0 Å². The molecule has 0 saturated heterocycles. The molecule has 0 aromatic heterocycles. The van der Waals surface area contributed by atoms with Crippen LogP contribution in [0.2, 0.25) is 0 Å². The summed E-state index contributed by atoms with van der Waals surface area (Å²) in [5.41, 5.74) is 0. The van der Waals surface area contributed by atoms with Crippen molar-refractivity contribution in [2.45, 2.75) is 77.6 Å². The van der Waals surface area contributed by atoms with Gasteiger partial charge in [-0.1, -0.05) is 64.7 Å². The number of thioether (sulfide) groups is 1. The molecule has 2 N–H and O–H groups in total. The Morgan fingerprint density at radius 2 is 1.28 bits per heavy atom. The van der Waals surface area contributed by atoms with Crippen LogP contribution in [0, 0.1) is 0 Å². The van der Waals surface area contributed by atoms with Gasteiger partial charge in [-0.2, -0.15) is 11.8 Å². The van der Waals surface area contributed by atoms with Crippen molar-refractivity contribution in [3.05, 3.63) is 0 Å². The molecule has 0 fully saturated rings. The number of unbranched alkanes of at least 4 members (excludes halogenated alkanes) is 9. The van der Waals surface area contributed by atoms with Gasteiger partial charge in [-0.25, -0.2) is 4.79 Å². The minimum Gasteiger partial charge on any atom is -0.338 e. The fourth-order valence-electron chi connectivity index (χ4n) is 2.63. The van der Waals surface area contributed by atoms with E-state index in [4.69, 9.17) is 0 Å². The van der Waals surface area contributed by atoms with Crippen LogP contribution in [0.15, 0.2) is 0 Å². The molecule has 0 radical (unpaired) electrons. The lowest BCUT2D eigenvalue weighted by atomic mass is 10.1. The number of urea groups is 1. The molecule has 0 heterocycles. The average Bonchev–Trinajstić information content (AvgIpc) is 2.58. The van der Waals surface area contributed by atoms with E-state index in [0.717, 1.165) is 25.3 Å². The van der Waals surface area contributed by atoms with Gasteiger partial charge in [0.15, 0.2) is 0 Å². The van der Waals surface area contributed by atoms with Crippen molar-refractivity contribution in [1.29, 1.82) is 0 Å². The van der Waals surface area contributed by atoms with Crippen LogP contribution in [0.5, 0.6) is 0 Å². The highest BCUT2D eigenvalue weighted by atomic mass is 32.2. The van der Waals surface area contributed by atoms with Crippen LogP contribution >= 0.6 is 11.8 Å². The van der Waals surface area contributed by atoms with Crippen LogP contribution in [0.25, 0.3) is 0 Å². The molecule has 2 amide bonds. The Labute approximate surface area is 161 Å². The first kappa shape index (κ1) is 24.6. The molecule has 25 heavy (non-hydrogen) atoms. The zero-order valence-electron chi connectivity index (χ0n) is 17.1. The summed E-state index contributed by atoms with van der Waals surface area (Å²) in [6.07, 6.45) is 15.1. The smallest absolute Gasteiger partial charge is 0.314 e. The predicted molar refractivity (Wildman–Crippen MR) is 114 cm³/mol. The van der Waals surface area contributed by atoms with Crippen molar-refractivity contribution >= 4 is 17.8 Å². The zero-order valence-corrected chi connectivity index (χ0v) is 17.9. The Kier molecular flexibility index (Phi) is 19.6. The van der Waals surface area contributed by atoms with Crippen LogP contribution in [0.3, 0.4) is 0 Å². The van der Waals surface area contributed by atoms with Crippen LogP contribution in [0.1, 0.15) is 77.6 Å². The number of rotatable bonds is 18. The molecule has 150 valence electrons. The minimum atomic E-state index is -0.0402. The highest BCUT2D eigenvalue weighted by Gasteiger charge is 1.99. The molecule has 0 aliphatic rings. The molecule has 0 spiro atoms. The number of nitrogens with one attached hydrogen (secondary N) is 2. The number of nitrogens with zero attached hydrogens (tertiary/aromatic N) is 1. The number of hydrogen-bond donors (Lipinski definition) is 2. The molecule has 5 heteroatoms. The third-order valence-corrected chi connectivity index (χ3v) is 5.39. The van der Waals surface area contributed by atoms with Gasteiger partial charge >= 0.3 is 6.03 Å². The highest BCUT2D eigenvalue weighted by molar-refractivity contribution is 7.99.